The highest BCUT2D eigenvalue weighted by atomic mass is 32.2. The van der Waals surface area contributed by atoms with Crippen molar-refractivity contribution in [3.8, 4) is 0 Å². The van der Waals surface area contributed by atoms with Crippen LogP contribution in [0.5, 0.6) is 0 Å². The maximum Gasteiger partial charge on any atom is 0.240 e. The number of benzene rings is 1. The van der Waals surface area contributed by atoms with Crippen molar-refractivity contribution in [2.45, 2.75) is 37.5 Å². The van der Waals surface area contributed by atoms with Gasteiger partial charge in [-0.1, -0.05) is 26.0 Å². The van der Waals surface area contributed by atoms with E-state index in [0.29, 0.717) is 17.4 Å². The summed E-state index contributed by atoms with van der Waals surface area (Å²) in [6.07, 6.45) is 1.85. The number of rotatable bonds is 8. The summed E-state index contributed by atoms with van der Waals surface area (Å²) in [7, 11) is 0.573. The smallest absolute Gasteiger partial charge is 0.240 e. The van der Waals surface area contributed by atoms with Crippen LogP contribution < -0.4 is 4.72 Å². The second kappa shape index (κ2) is 7.76. The Morgan fingerprint density at radius 1 is 1.20 bits per heavy atom. The minimum Gasteiger partial charge on any atom is -0.309 e. The first kappa shape index (κ1) is 17.1. The number of hydrogen-bond donors (Lipinski definition) is 1. The first-order chi connectivity index (χ1) is 9.36. The second-order valence-electron chi connectivity index (χ2n) is 5.43. The van der Waals surface area contributed by atoms with E-state index in [1.165, 1.54) is 5.56 Å². The molecule has 0 spiro atoms. The molecule has 0 aliphatic rings. The molecule has 0 aliphatic carbocycles. The van der Waals surface area contributed by atoms with Crippen LogP contribution in [0.1, 0.15) is 38.2 Å². The number of hydrogen-bond acceptors (Lipinski definition) is 3. The number of sulfonamides is 1. The van der Waals surface area contributed by atoms with Gasteiger partial charge in [0.15, 0.2) is 0 Å². The molecule has 1 N–H and O–H groups in total. The van der Waals surface area contributed by atoms with Crippen LogP contribution in [0.3, 0.4) is 0 Å². The maximum atomic E-state index is 12.1. The molecule has 0 radical (unpaired) electrons. The van der Waals surface area contributed by atoms with Crippen molar-refractivity contribution in [2.75, 3.05) is 27.2 Å². The Bertz CT molecular complexity index is 495. The van der Waals surface area contributed by atoms with Gasteiger partial charge in [-0.3, -0.25) is 0 Å². The number of nitrogens with zero attached hydrogens (tertiary/aromatic N) is 1. The Hall–Kier alpha value is -0.910. The van der Waals surface area contributed by atoms with Crippen molar-refractivity contribution in [3.05, 3.63) is 29.8 Å². The Balaban J connectivity index is 2.63. The summed E-state index contributed by atoms with van der Waals surface area (Å²) in [6, 6.07) is 7.19. The highest BCUT2D eigenvalue weighted by molar-refractivity contribution is 7.89. The fraction of sp³-hybridized carbons (Fsp3) is 0.600. The Morgan fingerprint density at radius 2 is 1.80 bits per heavy atom. The average Bonchev–Trinajstić information content (AvgIpc) is 2.43. The molecule has 0 unspecified atom stereocenters. The molecule has 0 aromatic heterocycles. The van der Waals surface area contributed by atoms with E-state index in [1.807, 2.05) is 31.1 Å². The van der Waals surface area contributed by atoms with Crippen molar-refractivity contribution in [3.63, 3.8) is 0 Å². The first-order valence-electron chi connectivity index (χ1n) is 7.11. The lowest BCUT2D eigenvalue weighted by molar-refractivity contribution is 0.400. The zero-order valence-corrected chi connectivity index (χ0v) is 13.7. The molecule has 0 saturated heterocycles. The lowest BCUT2D eigenvalue weighted by Crippen LogP contribution is -2.27. The molecule has 114 valence electrons. The van der Waals surface area contributed by atoms with Crippen LogP contribution in [0.4, 0.5) is 0 Å². The van der Waals surface area contributed by atoms with Crippen molar-refractivity contribution in [2.24, 2.45) is 0 Å². The van der Waals surface area contributed by atoms with E-state index < -0.39 is 10.0 Å². The molecule has 1 aromatic carbocycles. The van der Waals surface area contributed by atoms with Crippen molar-refractivity contribution < 1.29 is 8.42 Å². The molecule has 0 amide bonds. The lowest BCUT2D eigenvalue weighted by Gasteiger charge is -2.12. The van der Waals surface area contributed by atoms with Gasteiger partial charge in [0.25, 0.3) is 0 Å². The SMILES string of the molecule is CC[C@@H](C)c1ccc(S(=O)(=O)NCCCN(C)C)cc1. The summed E-state index contributed by atoms with van der Waals surface area (Å²) in [5.74, 6) is 0.458. The van der Waals surface area contributed by atoms with Crippen molar-refractivity contribution >= 4 is 10.0 Å². The molecule has 1 aromatic rings. The van der Waals surface area contributed by atoms with E-state index in [0.717, 1.165) is 19.4 Å². The minimum absolute atomic E-state index is 0.342. The van der Waals surface area contributed by atoms with E-state index in [9.17, 15) is 8.42 Å². The largest absolute Gasteiger partial charge is 0.309 e. The molecule has 5 heteroatoms. The lowest BCUT2D eigenvalue weighted by atomic mass is 9.99. The molecular formula is C15H26N2O2S. The van der Waals surface area contributed by atoms with Crippen LogP contribution in [0, 0.1) is 0 Å². The number of nitrogens with one attached hydrogen (secondary N) is 1. The highest BCUT2D eigenvalue weighted by Crippen LogP contribution is 2.20. The summed E-state index contributed by atoms with van der Waals surface area (Å²) in [4.78, 5) is 2.38. The standard InChI is InChI=1S/C15H26N2O2S/c1-5-13(2)14-7-9-15(10-8-14)20(18,19)16-11-6-12-17(3)4/h7-10,13,16H,5-6,11-12H2,1-4H3/t13-/m1/s1. The normalized spacial score (nSPS) is 13.7. The van der Waals surface area contributed by atoms with Gasteiger partial charge in [-0.15, -0.1) is 0 Å². The summed E-state index contributed by atoms with van der Waals surface area (Å²) in [5, 5.41) is 0. The van der Waals surface area contributed by atoms with E-state index in [-0.39, 0.29) is 0 Å². The predicted octanol–water partition coefficient (Wildman–Crippen LogP) is 2.43. The van der Waals surface area contributed by atoms with Gasteiger partial charge < -0.3 is 4.90 Å². The third-order valence-electron chi connectivity index (χ3n) is 3.45. The zero-order chi connectivity index (χ0) is 15.2. The third-order valence-corrected chi connectivity index (χ3v) is 4.92. The molecule has 0 bridgehead atoms. The Labute approximate surface area is 123 Å². The van der Waals surface area contributed by atoms with Crippen LogP contribution in [-0.4, -0.2) is 40.5 Å². The van der Waals surface area contributed by atoms with Crippen molar-refractivity contribution in [1.29, 1.82) is 0 Å². The molecule has 20 heavy (non-hydrogen) atoms. The Morgan fingerprint density at radius 3 is 2.30 bits per heavy atom. The van der Waals surface area contributed by atoms with E-state index in [1.54, 1.807) is 12.1 Å². The van der Waals surface area contributed by atoms with Gasteiger partial charge in [-0.25, -0.2) is 13.1 Å². The monoisotopic (exact) mass is 298 g/mol. The molecular weight excluding hydrogens is 272 g/mol. The molecule has 0 fully saturated rings. The quantitative estimate of drug-likeness (QED) is 0.750. The van der Waals surface area contributed by atoms with Crippen LogP contribution in [0.2, 0.25) is 0 Å². The predicted molar refractivity (Wildman–Crippen MR) is 83.5 cm³/mol. The molecule has 1 rings (SSSR count). The van der Waals surface area contributed by atoms with Gasteiger partial charge >= 0.3 is 0 Å². The Kier molecular flexibility index (Phi) is 6.65. The van der Waals surface area contributed by atoms with Crippen molar-refractivity contribution in [1.82, 2.24) is 9.62 Å². The van der Waals surface area contributed by atoms with Crippen LogP contribution in [0.15, 0.2) is 29.2 Å². The van der Waals surface area contributed by atoms with Crippen LogP contribution in [-0.2, 0) is 10.0 Å². The molecule has 0 heterocycles. The second-order valence-corrected chi connectivity index (χ2v) is 7.20. The summed E-state index contributed by atoms with van der Waals surface area (Å²) in [5.41, 5.74) is 1.18. The first-order valence-corrected chi connectivity index (χ1v) is 8.59. The summed E-state index contributed by atoms with van der Waals surface area (Å²) >= 11 is 0. The zero-order valence-electron chi connectivity index (χ0n) is 12.9. The molecule has 4 nitrogen and oxygen atoms in total. The van der Waals surface area contributed by atoms with Crippen LogP contribution in [0.25, 0.3) is 0 Å². The maximum absolute atomic E-state index is 12.1. The van der Waals surface area contributed by atoms with Gasteiger partial charge in [-0.2, -0.15) is 0 Å². The molecule has 0 aliphatic heterocycles. The average molecular weight is 298 g/mol. The fourth-order valence-electron chi connectivity index (χ4n) is 1.90. The van der Waals surface area contributed by atoms with E-state index >= 15 is 0 Å². The van der Waals surface area contributed by atoms with Gasteiger partial charge in [0.2, 0.25) is 10.0 Å². The van der Waals surface area contributed by atoms with Gasteiger partial charge in [0.1, 0.15) is 0 Å². The highest BCUT2D eigenvalue weighted by Gasteiger charge is 2.13. The molecule has 0 saturated carbocycles. The summed E-state index contributed by atoms with van der Waals surface area (Å²) in [6.45, 7) is 5.60. The van der Waals surface area contributed by atoms with E-state index in [2.05, 4.69) is 18.6 Å². The topological polar surface area (TPSA) is 49.4 Å². The fourth-order valence-corrected chi connectivity index (χ4v) is 2.97. The van der Waals surface area contributed by atoms with E-state index in [4.69, 9.17) is 0 Å². The van der Waals surface area contributed by atoms with Gasteiger partial charge in [0, 0.05) is 6.54 Å². The van der Waals surface area contributed by atoms with Gasteiger partial charge in [-0.05, 0) is 57.1 Å². The van der Waals surface area contributed by atoms with Gasteiger partial charge in [0.05, 0.1) is 4.90 Å². The van der Waals surface area contributed by atoms with Crippen LogP contribution >= 0.6 is 0 Å². The molecule has 1 atom stereocenters. The summed E-state index contributed by atoms with van der Waals surface area (Å²) < 4.78 is 26.8. The third kappa shape index (κ3) is 5.23. The minimum atomic E-state index is -3.38.